The van der Waals surface area contributed by atoms with Gasteiger partial charge < -0.3 is 24.4 Å². The number of hydrogen-bond donors (Lipinski definition) is 2. The number of fused-ring (bicyclic) bond motifs is 1. The molecule has 1 aliphatic heterocycles. The molecule has 0 unspecified atom stereocenters. The van der Waals surface area contributed by atoms with E-state index >= 15 is 0 Å². The first-order valence-corrected chi connectivity index (χ1v) is 12.6. The van der Waals surface area contributed by atoms with E-state index in [0.29, 0.717) is 17.8 Å². The number of esters is 1. The minimum absolute atomic E-state index is 0.0207. The molecule has 0 spiro atoms. The molecular weight excluding hydrogens is 420 g/mol. The average Bonchev–Trinajstić information content (AvgIpc) is 2.74. The molecule has 1 saturated heterocycles. The van der Waals surface area contributed by atoms with E-state index in [1.165, 1.54) is 18.1 Å². The van der Waals surface area contributed by atoms with Crippen molar-refractivity contribution in [3.63, 3.8) is 0 Å². The summed E-state index contributed by atoms with van der Waals surface area (Å²) in [6.45, 7) is 12.6. The fraction of sp³-hybridized carbons (Fsp3) is 0.815. The van der Waals surface area contributed by atoms with Gasteiger partial charge in [-0.2, -0.15) is 0 Å². The van der Waals surface area contributed by atoms with Gasteiger partial charge in [-0.1, -0.05) is 37.1 Å². The molecule has 0 amide bonds. The highest BCUT2D eigenvalue weighted by atomic mass is 16.7. The van der Waals surface area contributed by atoms with E-state index < -0.39 is 30.6 Å². The van der Waals surface area contributed by atoms with Gasteiger partial charge >= 0.3 is 5.97 Å². The predicted molar refractivity (Wildman–Crippen MR) is 127 cm³/mol. The van der Waals surface area contributed by atoms with E-state index in [1.807, 2.05) is 0 Å². The standard InChI is InChI=1S/C27H44O6/c1-16(2)8-7-9-17(3)20-11-12-21-23(13-10-18(4)27(21,6)14-20)33-26-25(32-19(5)28)24(30)22(29)15-31-26/h8-9,18,20-26,29-30H,7,10-15H2,1-6H3/b17-9+/t18-,20-,21+,22+,23-,24+,25-,26-,27+/m0/s1. The van der Waals surface area contributed by atoms with Crippen LogP contribution in [0.3, 0.4) is 0 Å². The second kappa shape index (κ2) is 11.0. The van der Waals surface area contributed by atoms with Crippen LogP contribution in [0.2, 0.25) is 0 Å². The molecule has 6 nitrogen and oxygen atoms in total. The van der Waals surface area contributed by atoms with Crippen molar-refractivity contribution in [2.75, 3.05) is 6.61 Å². The average molecular weight is 465 g/mol. The Labute approximate surface area is 199 Å². The number of carbonyl (C=O) groups excluding carboxylic acids is 1. The van der Waals surface area contributed by atoms with Crippen molar-refractivity contribution < 1.29 is 29.2 Å². The van der Waals surface area contributed by atoms with E-state index in [-0.39, 0.29) is 18.1 Å². The first-order chi connectivity index (χ1) is 15.5. The molecule has 6 heteroatoms. The van der Waals surface area contributed by atoms with Gasteiger partial charge in [0, 0.05) is 6.92 Å². The molecule has 1 heterocycles. The molecule has 3 fully saturated rings. The maximum Gasteiger partial charge on any atom is 0.303 e. The third-order valence-corrected chi connectivity index (χ3v) is 8.47. The molecule has 188 valence electrons. The summed E-state index contributed by atoms with van der Waals surface area (Å²) in [5, 5.41) is 20.4. The monoisotopic (exact) mass is 464 g/mol. The third-order valence-electron chi connectivity index (χ3n) is 8.47. The Morgan fingerprint density at radius 2 is 1.82 bits per heavy atom. The zero-order chi connectivity index (χ0) is 24.3. The summed E-state index contributed by atoms with van der Waals surface area (Å²) in [7, 11) is 0. The summed E-state index contributed by atoms with van der Waals surface area (Å²) in [5.41, 5.74) is 3.00. The molecule has 3 aliphatic rings. The summed E-state index contributed by atoms with van der Waals surface area (Å²) in [6.07, 6.45) is 6.81. The van der Waals surface area contributed by atoms with E-state index in [4.69, 9.17) is 14.2 Å². The molecule has 33 heavy (non-hydrogen) atoms. The van der Waals surface area contributed by atoms with E-state index in [9.17, 15) is 15.0 Å². The van der Waals surface area contributed by atoms with Crippen molar-refractivity contribution in [2.45, 2.75) is 111 Å². The van der Waals surface area contributed by atoms with Gasteiger partial charge in [-0.15, -0.1) is 0 Å². The topological polar surface area (TPSA) is 85.2 Å². The lowest BCUT2D eigenvalue weighted by Crippen LogP contribution is -2.58. The summed E-state index contributed by atoms with van der Waals surface area (Å²) in [5.74, 6) is 1.05. The van der Waals surface area contributed by atoms with Crippen molar-refractivity contribution in [1.82, 2.24) is 0 Å². The number of rotatable bonds is 6. The number of aliphatic hydroxyl groups excluding tert-OH is 2. The van der Waals surface area contributed by atoms with Gasteiger partial charge in [0.15, 0.2) is 12.4 Å². The van der Waals surface area contributed by atoms with Gasteiger partial charge in [0.1, 0.15) is 12.2 Å². The van der Waals surface area contributed by atoms with Crippen molar-refractivity contribution in [2.24, 2.45) is 23.2 Å². The fourth-order valence-electron chi connectivity index (χ4n) is 6.19. The van der Waals surface area contributed by atoms with Gasteiger partial charge in [0.05, 0.1) is 12.7 Å². The van der Waals surface area contributed by atoms with Crippen LogP contribution in [0, 0.1) is 23.2 Å². The lowest BCUT2D eigenvalue weighted by Gasteiger charge is -2.55. The maximum atomic E-state index is 11.6. The Morgan fingerprint density at radius 3 is 2.48 bits per heavy atom. The second-order valence-corrected chi connectivity index (χ2v) is 11.0. The minimum atomic E-state index is -1.22. The van der Waals surface area contributed by atoms with Gasteiger partial charge in [-0.25, -0.2) is 0 Å². The molecule has 2 aliphatic carbocycles. The van der Waals surface area contributed by atoms with Crippen LogP contribution in [0.15, 0.2) is 23.3 Å². The van der Waals surface area contributed by atoms with Crippen molar-refractivity contribution >= 4 is 5.97 Å². The Hall–Kier alpha value is -1.21. The summed E-state index contributed by atoms with van der Waals surface area (Å²) < 4.78 is 17.5. The maximum absolute atomic E-state index is 11.6. The van der Waals surface area contributed by atoms with E-state index in [0.717, 1.165) is 38.5 Å². The predicted octanol–water partition coefficient (Wildman–Crippen LogP) is 4.54. The highest BCUT2D eigenvalue weighted by molar-refractivity contribution is 5.66. The van der Waals surface area contributed by atoms with Crippen LogP contribution in [0.25, 0.3) is 0 Å². The van der Waals surface area contributed by atoms with Crippen LogP contribution in [0.5, 0.6) is 0 Å². The fourth-order valence-corrected chi connectivity index (χ4v) is 6.19. The van der Waals surface area contributed by atoms with Crippen molar-refractivity contribution in [3.8, 4) is 0 Å². The molecule has 2 saturated carbocycles. The molecule has 0 radical (unpaired) electrons. The zero-order valence-electron chi connectivity index (χ0n) is 21.3. The molecular formula is C27H44O6. The zero-order valence-corrected chi connectivity index (χ0v) is 21.3. The smallest absolute Gasteiger partial charge is 0.303 e. The summed E-state index contributed by atoms with van der Waals surface area (Å²) >= 11 is 0. The second-order valence-electron chi connectivity index (χ2n) is 11.0. The number of ether oxygens (including phenoxy) is 3. The van der Waals surface area contributed by atoms with Crippen LogP contribution in [-0.4, -0.2) is 53.5 Å². The minimum Gasteiger partial charge on any atom is -0.454 e. The number of aliphatic hydroxyl groups is 2. The first-order valence-electron chi connectivity index (χ1n) is 12.6. The number of hydrogen-bond acceptors (Lipinski definition) is 6. The highest BCUT2D eigenvalue weighted by Gasteiger charge is 2.52. The Bertz CT molecular complexity index is 741. The molecule has 0 aromatic carbocycles. The first kappa shape index (κ1) is 26.4. The van der Waals surface area contributed by atoms with Gasteiger partial charge in [-0.05, 0) is 82.5 Å². The van der Waals surface area contributed by atoms with Crippen LogP contribution < -0.4 is 0 Å². The Morgan fingerprint density at radius 1 is 1.09 bits per heavy atom. The molecule has 0 aromatic rings. The van der Waals surface area contributed by atoms with Crippen LogP contribution in [0.4, 0.5) is 0 Å². The number of allylic oxidation sites excluding steroid dienone is 4. The Kier molecular flexibility index (Phi) is 8.82. The normalized spacial score (nSPS) is 41.8. The quantitative estimate of drug-likeness (QED) is 0.444. The summed E-state index contributed by atoms with van der Waals surface area (Å²) in [6, 6.07) is 0. The van der Waals surface area contributed by atoms with Crippen molar-refractivity contribution in [3.05, 3.63) is 23.3 Å². The third kappa shape index (κ3) is 6.08. The Balaban J connectivity index is 1.72. The molecule has 9 atom stereocenters. The van der Waals surface area contributed by atoms with Crippen molar-refractivity contribution in [1.29, 1.82) is 0 Å². The lowest BCUT2D eigenvalue weighted by atomic mass is 9.52. The largest absolute Gasteiger partial charge is 0.454 e. The van der Waals surface area contributed by atoms with Gasteiger partial charge in [0.2, 0.25) is 0 Å². The van der Waals surface area contributed by atoms with Crippen LogP contribution >= 0.6 is 0 Å². The lowest BCUT2D eigenvalue weighted by molar-refractivity contribution is -0.300. The highest BCUT2D eigenvalue weighted by Crippen LogP contribution is 2.56. The molecule has 0 aromatic heterocycles. The summed E-state index contributed by atoms with van der Waals surface area (Å²) in [4.78, 5) is 11.6. The van der Waals surface area contributed by atoms with Gasteiger partial charge in [-0.3, -0.25) is 4.79 Å². The number of carbonyl (C=O) groups is 1. The van der Waals surface area contributed by atoms with Gasteiger partial charge in [0.25, 0.3) is 0 Å². The molecule has 0 bridgehead atoms. The molecule has 2 N–H and O–H groups in total. The van der Waals surface area contributed by atoms with Crippen LogP contribution in [0.1, 0.15) is 80.1 Å². The van der Waals surface area contributed by atoms with E-state index in [2.05, 4.69) is 46.8 Å². The van der Waals surface area contributed by atoms with E-state index in [1.54, 1.807) is 0 Å². The SMILES string of the molecule is CC(=O)O[C@@H]1[C@H](O[C@H]2CC[C@H](C)[C@@]3(C)C[C@@H](/C(C)=C/CC=C(C)C)CC[C@H]23)OC[C@@H](O)[C@H]1O. The molecule has 3 rings (SSSR count). The van der Waals surface area contributed by atoms with Crippen LogP contribution in [-0.2, 0) is 19.0 Å².